The van der Waals surface area contributed by atoms with Crippen molar-refractivity contribution in [2.45, 2.75) is 6.42 Å². The number of pyridine rings is 1. The molecule has 25 heavy (non-hydrogen) atoms. The number of nitrogens with one attached hydrogen (secondary N) is 1. The normalized spacial score (nSPS) is 15.0. The van der Waals surface area contributed by atoms with E-state index in [2.05, 4.69) is 9.71 Å². The van der Waals surface area contributed by atoms with Crippen molar-refractivity contribution in [3.8, 4) is 22.8 Å². The van der Waals surface area contributed by atoms with Gasteiger partial charge in [0.05, 0.1) is 11.4 Å². The van der Waals surface area contributed by atoms with Gasteiger partial charge in [-0.05, 0) is 35.7 Å². The Morgan fingerprint density at radius 1 is 0.960 bits per heavy atom. The number of ether oxygens (including phenoxy) is 1. The Balaban J connectivity index is 1.65. The molecular formula is C19H16N2O3S. The zero-order chi connectivity index (χ0) is 17.3. The highest BCUT2D eigenvalue weighted by Gasteiger charge is 2.22. The predicted molar refractivity (Wildman–Crippen MR) is 97.3 cm³/mol. The third-order valence-electron chi connectivity index (χ3n) is 4.07. The Morgan fingerprint density at radius 3 is 2.56 bits per heavy atom. The molecule has 0 amide bonds. The number of para-hydroxylation sites is 1. The first-order valence-electron chi connectivity index (χ1n) is 7.92. The second-order valence-electron chi connectivity index (χ2n) is 5.81. The standard InChI is InChI=1S/C19H16N2O3S/c22-25(23)13-11-15-4-3-5-17(19(15)21-25)14-7-9-16(10-8-14)24-18-6-1-2-12-20-18/h1-10,12,21H,11,13H2. The minimum Gasteiger partial charge on any atom is -0.439 e. The number of rotatable bonds is 3. The maximum absolute atomic E-state index is 11.9. The summed E-state index contributed by atoms with van der Waals surface area (Å²) in [5.41, 5.74) is 3.48. The number of hydrogen-bond acceptors (Lipinski definition) is 4. The molecule has 0 bridgehead atoms. The van der Waals surface area contributed by atoms with Crippen LogP contribution in [0.2, 0.25) is 0 Å². The number of aromatic nitrogens is 1. The molecule has 1 aliphatic heterocycles. The van der Waals surface area contributed by atoms with Gasteiger partial charge in [0.25, 0.3) is 0 Å². The average Bonchev–Trinajstić information content (AvgIpc) is 2.62. The van der Waals surface area contributed by atoms with Crippen LogP contribution in [0.25, 0.3) is 11.1 Å². The SMILES string of the molecule is O=S1(=O)CCc2cccc(-c3ccc(Oc4ccccn4)cc3)c2N1. The molecule has 6 heteroatoms. The number of aryl methyl sites for hydroxylation is 1. The molecule has 4 rings (SSSR count). The summed E-state index contributed by atoms with van der Waals surface area (Å²) in [7, 11) is -3.26. The van der Waals surface area contributed by atoms with E-state index in [9.17, 15) is 8.42 Å². The van der Waals surface area contributed by atoms with Gasteiger partial charge in [-0.15, -0.1) is 0 Å². The zero-order valence-electron chi connectivity index (χ0n) is 13.3. The lowest BCUT2D eigenvalue weighted by molar-refractivity contribution is 0.463. The molecule has 3 aromatic rings. The van der Waals surface area contributed by atoms with Gasteiger partial charge in [0.2, 0.25) is 15.9 Å². The Morgan fingerprint density at radius 2 is 1.80 bits per heavy atom. The summed E-state index contributed by atoms with van der Waals surface area (Å²) in [6, 6.07) is 18.8. The van der Waals surface area contributed by atoms with Gasteiger partial charge in [0.15, 0.2) is 0 Å². The highest BCUT2D eigenvalue weighted by atomic mass is 32.2. The van der Waals surface area contributed by atoms with Crippen molar-refractivity contribution in [3.63, 3.8) is 0 Å². The quantitative estimate of drug-likeness (QED) is 0.778. The summed E-state index contributed by atoms with van der Waals surface area (Å²) in [4.78, 5) is 4.13. The predicted octanol–water partition coefficient (Wildman–Crippen LogP) is 3.84. The van der Waals surface area contributed by atoms with Crippen LogP contribution in [0.5, 0.6) is 11.6 Å². The van der Waals surface area contributed by atoms with Crippen LogP contribution in [0.3, 0.4) is 0 Å². The molecule has 1 N–H and O–H groups in total. The van der Waals surface area contributed by atoms with Crippen molar-refractivity contribution in [1.29, 1.82) is 0 Å². The van der Waals surface area contributed by atoms with Crippen molar-refractivity contribution >= 4 is 15.7 Å². The first kappa shape index (κ1) is 15.7. The van der Waals surface area contributed by atoms with Crippen molar-refractivity contribution in [2.75, 3.05) is 10.5 Å². The fourth-order valence-corrected chi connectivity index (χ4v) is 3.99. The summed E-state index contributed by atoms with van der Waals surface area (Å²) in [6.45, 7) is 0. The fraction of sp³-hybridized carbons (Fsp3) is 0.105. The number of nitrogens with zero attached hydrogens (tertiary/aromatic N) is 1. The van der Waals surface area contributed by atoms with Crippen LogP contribution in [0.4, 0.5) is 5.69 Å². The summed E-state index contributed by atoms with van der Waals surface area (Å²) in [5.74, 6) is 1.33. The molecule has 0 radical (unpaired) electrons. The van der Waals surface area contributed by atoms with E-state index in [-0.39, 0.29) is 5.75 Å². The molecule has 0 saturated carbocycles. The monoisotopic (exact) mass is 352 g/mol. The second-order valence-corrected chi connectivity index (χ2v) is 7.65. The molecule has 2 aromatic carbocycles. The van der Waals surface area contributed by atoms with Gasteiger partial charge in [0.1, 0.15) is 5.75 Å². The number of sulfonamides is 1. The van der Waals surface area contributed by atoms with Crippen LogP contribution in [-0.2, 0) is 16.4 Å². The van der Waals surface area contributed by atoms with E-state index in [1.165, 1.54) is 0 Å². The van der Waals surface area contributed by atoms with Crippen molar-refractivity contribution in [2.24, 2.45) is 0 Å². The van der Waals surface area contributed by atoms with Crippen LogP contribution in [0, 0.1) is 0 Å². The molecule has 0 unspecified atom stereocenters. The van der Waals surface area contributed by atoms with E-state index in [0.717, 1.165) is 16.7 Å². The smallest absolute Gasteiger partial charge is 0.233 e. The van der Waals surface area contributed by atoms with Crippen LogP contribution in [-0.4, -0.2) is 19.2 Å². The molecule has 0 spiro atoms. The minimum atomic E-state index is -3.26. The van der Waals surface area contributed by atoms with Crippen molar-refractivity contribution in [1.82, 2.24) is 4.98 Å². The van der Waals surface area contributed by atoms with Gasteiger partial charge in [0, 0.05) is 17.8 Å². The van der Waals surface area contributed by atoms with E-state index < -0.39 is 10.0 Å². The van der Waals surface area contributed by atoms with E-state index in [4.69, 9.17) is 4.74 Å². The van der Waals surface area contributed by atoms with Crippen LogP contribution in [0.15, 0.2) is 66.9 Å². The third kappa shape index (κ3) is 3.34. The van der Waals surface area contributed by atoms with Crippen LogP contribution >= 0.6 is 0 Å². The summed E-state index contributed by atoms with van der Waals surface area (Å²) in [6.07, 6.45) is 2.20. The van der Waals surface area contributed by atoms with E-state index in [1.807, 2.05) is 54.6 Å². The molecule has 2 heterocycles. The van der Waals surface area contributed by atoms with E-state index >= 15 is 0 Å². The van der Waals surface area contributed by atoms with Gasteiger partial charge in [-0.2, -0.15) is 0 Å². The lowest BCUT2D eigenvalue weighted by Crippen LogP contribution is -2.24. The average molecular weight is 352 g/mol. The van der Waals surface area contributed by atoms with Gasteiger partial charge in [-0.3, -0.25) is 4.72 Å². The number of fused-ring (bicyclic) bond motifs is 1. The topological polar surface area (TPSA) is 68.3 Å². The maximum atomic E-state index is 11.9. The first-order valence-corrected chi connectivity index (χ1v) is 9.58. The lowest BCUT2D eigenvalue weighted by Gasteiger charge is -2.21. The van der Waals surface area contributed by atoms with Crippen molar-refractivity contribution in [3.05, 3.63) is 72.4 Å². The zero-order valence-corrected chi connectivity index (χ0v) is 14.2. The van der Waals surface area contributed by atoms with Crippen molar-refractivity contribution < 1.29 is 13.2 Å². The molecule has 0 aliphatic carbocycles. The molecule has 5 nitrogen and oxygen atoms in total. The number of anilines is 1. The Hall–Kier alpha value is -2.86. The van der Waals surface area contributed by atoms with E-state index in [1.54, 1.807) is 12.3 Å². The Labute approximate surface area is 146 Å². The molecule has 0 atom stereocenters. The van der Waals surface area contributed by atoms with Gasteiger partial charge >= 0.3 is 0 Å². The Bertz CT molecular complexity index is 1000. The lowest BCUT2D eigenvalue weighted by atomic mass is 9.99. The van der Waals surface area contributed by atoms with Crippen LogP contribution < -0.4 is 9.46 Å². The van der Waals surface area contributed by atoms with Crippen LogP contribution in [0.1, 0.15) is 5.56 Å². The molecule has 1 aromatic heterocycles. The summed E-state index contributed by atoms with van der Waals surface area (Å²) in [5, 5.41) is 0. The number of benzene rings is 2. The summed E-state index contributed by atoms with van der Waals surface area (Å²) < 4.78 is 32.2. The molecular weight excluding hydrogens is 336 g/mol. The minimum absolute atomic E-state index is 0.125. The molecule has 0 saturated heterocycles. The maximum Gasteiger partial charge on any atom is 0.233 e. The van der Waals surface area contributed by atoms with E-state index in [0.29, 0.717) is 23.7 Å². The number of hydrogen-bond donors (Lipinski definition) is 1. The Kier molecular flexibility index (Phi) is 3.89. The molecule has 1 aliphatic rings. The molecule has 0 fully saturated rings. The fourth-order valence-electron chi connectivity index (χ4n) is 2.85. The largest absolute Gasteiger partial charge is 0.439 e. The highest BCUT2D eigenvalue weighted by molar-refractivity contribution is 7.92. The highest BCUT2D eigenvalue weighted by Crippen LogP contribution is 2.35. The van der Waals surface area contributed by atoms with Gasteiger partial charge in [-0.1, -0.05) is 36.4 Å². The second kappa shape index (κ2) is 6.22. The third-order valence-corrected chi connectivity index (χ3v) is 5.33. The first-order chi connectivity index (χ1) is 12.1. The molecule has 126 valence electrons. The van der Waals surface area contributed by atoms with Gasteiger partial charge < -0.3 is 4.74 Å². The summed E-state index contributed by atoms with van der Waals surface area (Å²) >= 11 is 0. The van der Waals surface area contributed by atoms with Gasteiger partial charge in [-0.25, -0.2) is 13.4 Å².